The normalized spacial score (nSPS) is 17.0. The zero-order chi connectivity index (χ0) is 21.3. The molecule has 8 heteroatoms. The summed E-state index contributed by atoms with van der Waals surface area (Å²) in [5.41, 5.74) is -0.787. The summed E-state index contributed by atoms with van der Waals surface area (Å²) in [6.45, 7) is 9.52. The van der Waals surface area contributed by atoms with Crippen LogP contribution in [-0.4, -0.2) is 46.0 Å². The van der Waals surface area contributed by atoms with Crippen LogP contribution < -0.4 is 10.9 Å². The summed E-state index contributed by atoms with van der Waals surface area (Å²) in [6, 6.07) is 0.0611. The fourth-order valence-electron chi connectivity index (χ4n) is 3.17. The van der Waals surface area contributed by atoms with Gasteiger partial charge in [0.15, 0.2) is 5.78 Å². The van der Waals surface area contributed by atoms with Crippen molar-refractivity contribution in [3.63, 3.8) is 0 Å². The number of nitrogens with one attached hydrogen (secondary N) is 2. The molecule has 1 aliphatic carbocycles. The van der Waals surface area contributed by atoms with Crippen molar-refractivity contribution in [2.24, 2.45) is 5.41 Å². The number of ketones is 1. The van der Waals surface area contributed by atoms with Crippen molar-refractivity contribution in [3.05, 3.63) is 33.2 Å². The predicted octanol–water partition coefficient (Wildman–Crippen LogP) is 1.92. The Morgan fingerprint density at radius 2 is 1.93 bits per heavy atom. The van der Waals surface area contributed by atoms with Gasteiger partial charge in [-0.3, -0.25) is 14.4 Å². The quantitative estimate of drug-likeness (QED) is 0.679. The number of rotatable bonds is 6. The first-order valence-corrected chi connectivity index (χ1v) is 9.26. The van der Waals surface area contributed by atoms with Gasteiger partial charge in [0, 0.05) is 30.7 Å². The monoisotopic (exact) mass is 392 g/mol. The van der Waals surface area contributed by atoms with E-state index >= 15 is 0 Å². The van der Waals surface area contributed by atoms with Crippen LogP contribution in [0.15, 0.2) is 10.9 Å². The van der Waals surface area contributed by atoms with Crippen LogP contribution in [0, 0.1) is 5.41 Å². The predicted molar refractivity (Wildman–Crippen MR) is 103 cm³/mol. The maximum atomic E-state index is 12.5. The number of carboxylic acid groups (broad SMARTS) is 1. The molecule has 1 amide bonds. The third kappa shape index (κ3) is 5.51. The van der Waals surface area contributed by atoms with Crippen LogP contribution in [0.5, 0.6) is 0 Å². The topological polar surface area (TPSA) is 126 Å². The molecule has 0 fully saturated rings. The van der Waals surface area contributed by atoms with E-state index in [-0.39, 0.29) is 29.8 Å². The van der Waals surface area contributed by atoms with Gasteiger partial charge in [0.2, 0.25) is 0 Å². The number of pyridine rings is 1. The summed E-state index contributed by atoms with van der Waals surface area (Å²) in [5.74, 6) is -2.20. The maximum absolute atomic E-state index is 12.5. The summed E-state index contributed by atoms with van der Waals surface area (Å²) in [7, 11) is 0. The molecular formula is C20H28N2O6. The van der Waals surface area contributed by atoms with Gasteiger partial charge >= 0.3 is 5.97 Å². The Morgan fingerprint density at radius 3 is 2.50 bits per heavy atom. The number of carboxylic acids is 1. The standard InChI is InChI=1S/C20H28N2O6/c1-19(2,3)28-7-6-13(18(26)27)21-16(24)12-8-11-14(22-17(12)25)9-20(4,5)10-15(11)23/h8,13H,6-7,9-10H2,1-5H3,(H,21,24)(H,22,25)(H,26,27). The van der Waals surface area contributed by atoms with Gasteiger partial charge in [0.1, 0.15) is 11.6 Å². The molecule has 0 bridgehead atoms. The van der Waals surface area contributed by atoms with E-state index in [1.165, 1.54) is 6.07 Å². The molecule has 0 radical (unpaired) electrons. The second kappa shape index (κ2) is 7.87. The van der Waals surface area contributed by atoms with Crippen molar-refractivity contribution in [1.82, 2.24) is 10.3 Å². The Labute approximate surface area is 163 Å². The minimum absolute atomic E-state index is 0.0499. The molecule has 1 aliphatic rings. The number of H-pyrrole nitrogens is 1. The van der Waals surface area contributed by atoms with Gasteiger partial charge < -0.3 is 20.1 Å². The molecule has 0 aliphatic heterocycles. The van der Waals surface area contributed by atoms with Gasteiger partial charge in [0.25, 0.3) is 11.5 Å². The van der Waals surface area contributed by atoms with E-state index in [2.05, 4.69) is 10.3 Å². The molecule has 2 rings (SSSR count). The Kier molecular flexibility index (Phi) is 6.13. The summed E-state index contributed by atoms with van der Waals surface area (Å²) in [5, 5.41) is 11.7. The first-order valence-electron chi connectivity index (χ1n) is 9.26. The third-order valence-electron chi connectivity index (χ3n) is 4.51. The number of hydrogen-bond acceptors (Lipinski definition) is 5. The molecule has 1 heterocycles. The fraction of sp³-hybridized carbons (Fsp3) is 0.600. The number of Topliss-reactive ketones (excluding diaryl/α,β-unsaturated/α-hetero) is 1. The van der Waals surface area contributed by atoms with E-state index in [9.17, 15) is 24.3 Å². The number of aliphatic carboxylic acids is 1. The summed E-state index contributed by atoms with van der Waals surface area (Å²) >= 11 is 0. The molecule has 3 N–H and O–H groups in total. The number of hydrogen-bond donors (Lipinski definition) is 3. The first-order chi connectivity index (χ1) is 12.8. The first kappa shape index (κ1) is 21.8. The molecule has 0 saturated carbocycles. The SMILES string of the molecule is CC1(C)CC(=O)c2cc(C(=O)NC(CCOC(C)(C)C)C(=O)O)c(=O)[nH]c2C1. The van der Waals surface area contributed by atoms with Gasteiger partial charge in [-0.15, -0.1) is 0 Å². The molecule has 154 valence electrons. The van der Waals surface area contributed by atoms with Crippen molar-refractivity contribution >= 4 is 17.7 Å². The zero-order valence-corrected chi connectivity index (χ0v) is 17.0. The van der Waals surface area contributed by atoms with Crippen LogP contribution in [0.2, 0.25) is 0 Å². The number of carbonyl (C=O) groups excluding carboxylic acids is 2. The fourth-order valence-corrected chi connectivity index (χ4v) is 3.17. The van der Waals surface area contributed by atoms with E-state index in [4.69, 9.17) is 4.74 Å². The molecule has 1 unspecified atom stereocenters. The van der Waals surface area contributed by atoms with Crippen molar-refractivity contribution in [3.8, 4) is 0 Å². The highest BCUT2D eigenvalue weighted by molar-refractivity contribution is 6.02. The van der Waals surface area contributed by atoms with E-state index < -0.39 is 29.1 Å². The molecular weight excluding hydrogens is 364 g/mol. The highest BCUT2D eigenvalue weighted by Gasteiger charge is 2.33. The lowest BCUT2D eigenvalue weighted by Crippen LogP contribution is -2.44. The Balaban J connectivity index is 2.19. The van der Waals surface area contributed by atoms with Gasteiger partial charge in [-0.1, -0.05) is 13.8 Å². The van der Waals surface area contributed by atoms with Gasteiger partial charge in [-0.2, -0.15) is 0 Å². The van der Waals surface area contributed by atoms with E-state index in [0.717, 1.165) is 0 Å². The lowest BCUT2D eigenvalue weighted by atomic mass is 9.75. The van der Waals surface area contributed by atoms with Crippen molar-refractivity contribution in [2.45, 2.75) is 65.5 Å². The zero-order valence-electron chi connectivity index (χ0n) is 17.0. The molecule has 1 aromatic heterocycles. The smallest absolute Gasteiger partial charge is 0.326 e. The molecule has 28 heavy (non-hydrogen) atoms. The van der Waals surface area contributed by atoms with Crippen LogP contribution in [-0.2, 0) is 16.0 Å². The number of aromatic nitrogens is 1. The number of ether oxygens (including phenoxy) is 1. The Hall–Kier alpha value is -2.48. The number of amides is 1. The highest BCUT2D eigenvalue weighted by atomic mass is 16.5. The molecule has 0 spiro atoms. The average molecular weight is 392 g/mol. The van der Waals surface area contributed by atoms with Crippen molar-refractivity contribution in [2.75, 3.05) is 6.61 Å². The maximum Gasteiger partial charge on any atom is 0.326 e. The molecule has 1 aromatic rings. The van der Waals surface area contributed by atoms with Crippen LogP contribution in [0.3, 0.4) is 0 Å². The third-order valence-corrected chi connectivity index (χ3v) is 4.51. The average Bonchev–Trinajstić information content (AvgIpc) is 2.50. The highest BCUT2D eigenvalue weighted by Crippen LogP contribution is 2.33. The van der Waals surface area contributed by atoms with Crippen LogP contribution in [0.25, 0.3) is 0 Å². The molecule has 0 aromatic carbocycles. The Bertz CT molecular complexity index is 847. The van der Waals surface area contributed by atoms with E-state index in [1.54, 1.807) is 0 Å². The lowest BCUT2D eigenvalue weighted by molar-refractivity contribution is -0.140. The van der Waals surface area contributed by atoms with Crippen LogP contribution >= 0.6 is 0 Å². The van der Waals surface area contributed by atoms with Gasteiger partial charge in [0.05, 0.1) is 5.60 Å². The minimum atomic E-state index is -1.22. The van der Waals surface area contributed by atoms with Crippen molar-refractivity contribution in [1.29, 1.82) is 0 Å². The summed E-state index contributed by atoms with van der Waals surface area (Å²) in [4.78, 5) is 51.3. The van der Waals surface area contributed by atoms with Crippen molar-refractivity contribution < 1.29 is 24.2 Å². The summed E-state index contributed by atoms with van der Waals surface area (Å²) < 4.78 is 5.50. The number of aromatic amines is 1. The second-order valence-corrected chi connectivity index (χ2v) is 8.96. The van der Waals surface area contributed by atoms with E-state index in [0.29, 0.717) is 24.1 Å². The molecule has 0 saturated heterocycles. The summed E-state index contributed by atoms with van der Waals surface area (Å²) in [6.07, 6.45) is 0.885. The Morgan fingerprint density at radius 1 is 1.29 bits per heavy atom. The van der Waals surface area contributed by atoms with Gasteiger partial charge in [-0.05, 0) is 38.7 Å². The molecule has 1 atom stereocenters. The number of fused-ring (bicyclic) bond motifs is 1. The second-order valence-electron chi connectivity index (χ2n) is 8.96. The van der Waals surface area contributed by atoms with Gasteiger partial charge in [-0.25, -0.2) is 4.79 Å². The molecule has 8 nitrogen and oxygen atoms in total. The number of carbonyl (C=O) groups is 3. The van der Waals surface area contributed by atoms with Crippen LogP contribution in [0.4, 0.5) is 0 Å². The minimum Gasteiger partial charge on any atom is -0.480 e. The van der Waals surface area contributed by atoms with E-state index in [1.807, 2.05) is 34.6 Å². The lowest BCUT2D eigenvalue weighted by Gasteiger charge is -2.29. The van der Waals surface area contributed by atoms with Crippen LogP contribution in [0.1, 0.15) is 73.9 Å². The largest absolute Gasteiger partial charge is 0.480 e.